The molecular formula is C41H46Cl2N8O5. The Morgan fingerprint density at radius 3 is 2.61 bits per heavy atom. The van der Waals surface area contributed by atoms with Gasteiger partial charge in [-0.15, -0.1) is 0 Å². The molecule has 2 amide bonds. The van der Waals surface area contributed by atoms with Crippen molar-refractivity contribution in [2.75, 3.05) is 32.1 Å². The van der Waals surface area contributed by atoms with E-state index < -0.39 is 11.4 Å². The molecule has 56 heavy (non-hydrogen) atoms. The Kier molecular flexibility index (Phi) is 10.5. The Bertz CT molecular complexity index is 2200. The van der Waals surface area contributed by atoms with E-state index in [0.717, 1.165) is 81.4 Å². The first-order valence-electron chi connectivity index (χ1n) is 19.3. The van der Waals surface area contributed by atoms with Crippen molar-refractivity contribution in [1.82, 2.24) is 35.1 Å². The van der Waals surface area contributed by atoms with Gasteiger partial charge in [0.25, 0.3) is 5.91 Å². The lowest BCUT2D eigenvalue weighted by Gasteiger charge is -2.32. The lowest BCUT2D eigenvalue weighted by molar-refractivity contribution is -0.148. The Morgan fingerprint density at radius 1 is 1.05 bits per heavy atom. The summed E-state index contributed by atoms with van der Waals surface area (Å²) in [6.45, 7) is 3.57. The third-order valence-electron chi connectivity index (χ3n) is 12.5. The summed E-state index contributed by atoms with van der Waals surface area (Å²) >= 11 is 14.0. The Hall–Kier alpha value is -4.56. The second-order valence-electron chi connectivity index (χ2n) is 15.9. The first-order chi connectivity index (χ1) is 27.0. The molecular weight excluding hydrogens is 755 g/mol. The van der Waals surface area contributed by atoms with E-state index in [2.05, 4.69) is 25.8 Å². The fourth-order valence-corrected chi connectivity index (χ4v) is 9.86. The third kappa shape index (κ3) is 7.26. The molecule has 4 N–H and O–H groups in total. The number of carbonyl (C=O) groups excluding carboxylic acids is 2. The zero-order valence-corrected chi connectivity index (χ0v) is 33.1. The van der Waals surface area contributed by atoms with Gasteiger partial charge in [0.2, 0.25) is 11.8 Å². The van der Waals surface area contributed by atoms with Gasteiger partial charge in [-0.2, -0.15) is 0 Å². The van der Waals surface area contributed by atoms with Crippen LogP contribution in [0, 0.1) is 10.8 Å². The monoisotopic (exact) mass is 800 g/mol. The van der Waals surface area contributed by atoms with Gasteiger partial charge >= 0.3 is 5.97 Å². The number of pyridine rings is 2. The van der Waals surface area contributed by atoms with Crippen LogP contribution in [0.25, 0.3) is 22.5 Å². The van der Waals surface area contributed by atoms with Crippen molar-refractivity contribution in [2.24, 2.45) is 17.9 Å². The van der Waals surface area contributed by atoms with Crippen LogP contribution in [0.4, 0.5) is 5.69 Å². The zero-order chi connectivity index (χ0) is 39.2. The van der Waals surface area contributed by atoms with Crippen molar-refractivity contribution < 1.29 is 24.2 Å². The molecule has 13 nitrogen and oxygen atoms in total. The SMILES string of the molecule is COc1nc(-c2ccnc(-c3cccc(NC(=O)c4nc5c(n4C)CCN(CCC46CCC(C(=O)O)(CC4)C6)C5)c3Cl)c2Cl)ccc1CNC[C@@H]1CCC(=O)N1. The molecule has 3 fully saturated rings. The third-order valence-corrected chi connectivity index (χ3v) is 13.3. The average molecular weight is 802 g/mol. The summed E-state index contributed by atoms with van der Waals surface area (Å²) in [4.78, 5) is 53.7. The summed E-state index contributed by atoms with van der Waals surface area (Å²) in [6.07, 6.45) is 9.15. The highest BCUT2D eigenvalue weighted by atomic mass is 35.5. The van der Waals surface area contributed by atoms with Crippen LogP contribution < -0.4 is 20.7 Å². The largest absolute Gasteiger partial charge is 0.481 e. The van der Waals surface area contributed by atoms with Gasteiger partial charge in [-0.25, -0.2) is 9.97 Å². The molecule has 2 saturated carbocycles. The molecule has 4 aromatic rings. The highest BCUT2D eigenvalue weighted by Crippen LogP contribution is 2.63. The number of carboxylic acids is 1. The number of fused-ring (bicyclic) bond motifs is 3. The smallest absolute Gasteiger partial charge is 0.309 e. The number of nitrogens with one attached hydrogen (secondary N) is 3. The molecule has 2 aliphatic heterocycles. The van der Waals surface area contributed by atoms with E-state index in [1.807, 2.05) is 23.7 Å². The van der Waals surface area contributed by atoms with Gasteiger partial charge < -0.3 is 30.4 Å². The van der Waals surface area contributed by atoms with Crippen molar-refractivity contribution in [3.63, 3.8) is 0 Å². The molecule has 1 saturated heterocycles. The minimum Gasteiger partial charge on any atom is -0.481 e. The summed E-state index contributed by atoms with van der Waals surface area (Å²) in [6, 6.07) is 11.0. The number of carboxylic acid groups (broad SMARTS) is 1. The van der Waals surface area contributed by atoms with Crippen LogP contribution in [-0.2, 0) is 36.1 Å². The van der Waals surface area contributed by atoms with Crippen LogP contribution in [0.3, 0.4) is 0 Å². The topological polar surface area (TPSA) is 164 Å². The van der Waals surface area contributed by atoms with E-state index in [9.17, 15) is 19.5 Å². The minimum atomic E-state index is -0.628. The van der Waals surface area contributed by atoms with Crippen LogP contribution in [0.2, 0.25) is 10.0 Å². The fraction of sp³-hybridized carbons (Fsp3) is 0.463. The molecule has 8 rings (SSSR count). The maximum Gasteiger partial charge on any atom is 0.309 e. The lowest BCUT2D eigenvalue weighted by atomic mass is 9.80. The van der Waals surface area contributed by atoms with Gasteiger partial charge in [0.05, 0.1) is 45.3 Å². The van der Waals surface area contributed by atoms with Gasteiger partial charge in [0, 0.05) is 80.7 Å². The number of halogens is 2. The van der Waals surface area contributed by atoms with Crippen molar-refractivity contribution in [2.45, 2.75) is 76.9 Å². The first kappa shape index (κ1) is 38.3. The quantitative estimate of drug-likeness (QED) is 0.121. The number of hydrogen-bond donors (Lipinski definition) is 4. The van der Waals surface area contributed by atoms with Gasteiger partial charge in [0.15, 0.2) is 5.82 Å². The number of anilines is 1. The predicted molar refractivity (Wildman–Crippen MR) is 213 cm³/mol. The van der Waals surface area contributed by atoms with Gasteiger partial charge in [0.1, 0.15) is 0 Å². The Labute approximate surface area is 335 Å². The summed E-state index contributed by atoms with van der Waals surface area (Å²) in [7, 11) is 3.44. The maximum absolute atomic E-state index is 13.7. The number of aromatic nitrogens is 4. The molecule has 1 aromatic carbocycles. The number of imidazole rings is 1. The molecule has 2 bridgehead atoms. The van der Waals surface area contributed by atoms with E-state index in [1.165, 1.54) is 0 Å². The second kappa shape index (κ2) is 15.4. The van der Waals surface area contributed by atoms with Crippen molar-refractivity contribution in [3.8, 4) is 28.4 Å². The van der Waals surface area contributed by atoms with Gasteiger partial charge in [-0.3, -0.25) is 24.3 Å². The Morgan fingerprint density at radius 2 is 1.88 bits per heavy atom. The highest BCUT2D eigenvalue weighted by Gasteiger charge is 2.57. The van der Waals surface area contributed by atoms with E-state index >= 15 is 0 Å². The molecule has 294 valence electrons. The number of ether oxygens (including phenoxy) is 1. The normalized spacial score (nSPS) is 22.9. The number of aliphatic carboxylic acids is 1. The van der Waals surface area contributed by atoms with E-state index in [1.54, 1.807) is 37.6 Å². The van der Waals surface area contributed by atoms with Crippen LogP contribution in [0.1, 0.15) is 78.9 Å². The van der Waals surface area contributed by atoms with Crippen molar-refractivity contribution in [3.05, 3.63) is 75.4 Å². The van der Waals surface area contributed by atoms with Crippen molar-refractivity contribution in [1.29, 1.82) is 0 Å². The van der Waals surface area contributed by atoms with Crippen LogP contribution in [0.15, 0.2) is 42.6 Å². The summed E-state index contributed by atoms with van der Waals surface area (Å²) < 4.78 is 7.50. The van der Waals surface area contributed by atoms with Gasteiger partial charge in [-0.1, -0.05) is 41.4 Å². The summed E-state index contributed by atoms with van der Waals surface area (Å²) in [5.74, 6) is -0.162. The molecule has 15 heteroatoms. The molecule has 2 aliphatic carbocycles. The highest BCUT2D eigenvalue weighted by molar-refractivity contribution is 6.39. The maximum atomic E-state index is 13.7. The molecule has 0 spiro atoms. The lowest BCUT2D eigenvalue weighted by Crippen LogP contribution is -2.35. The van der Waals surface area contributed by atoms with E-state index in [0.29, 0.717) is 71.0 Å². The number of amides is 2. The van der Waals surface area contributed by atoms with Crippen LogP contribution in [0.5, 0.6) is 5.88 Å². The number of methoxy groups -OCH3 is 1. The number of rotatable bonds is 13. The number of carbonyl (C=O) groups is 3. The molecule has 1 atom stereocenters. The summed E-state index contributed by atoms with van der Waals surface area (Å²) in [5, 5.41) is 19.8. The standard InChI is InChI=1S/C41H46Cl2N8O5/c1-50-31-11-18-51(19-16-40-12-14-41(23-40,15-13-40)39(54)55)22-30(31)47-36(50)37(53)48-29-5-3-4-27(33(29)42)35-34(43)26(10-17-45-35)28-8-6-24(38(49-28)56-2)20-44-21-25-7-9-32(52)46-25/h3-6,8,10,17,25,44H,7,9,11-16,18-23H2,1-2H3,(H,46,52)(H,48,53)(H,54,55)/t25-,40?,41?/m0/s1. The first-order valence-corrected chi connectivity index (χ1v) is 20.0. The minimum absolute atomic E-state index is 0.0830. The predicted octanol–water partition coefficient (Wildman–Crippen LogP) is 6.26. The van der Waals surface area contributed by atoms with Crippen molar-refractivity contribution >= 4 is 46.7 Å². The molecule has 0 radical (unpaired) electrons. The molecule has 3 aromatic heterocycles. The summed E-state index contributed by atoms with van der Waals surface area (Å²) in [5.41, 5.74) is 5.03. The number of benzene rings is 1. The fourth-order valence-electron chi connectivity index (χ4n) is 9.29. The molecule has 4 aliphatic rings. The number of hydrogen-bond acceptors (Lipinski definition) is 9. The number of nitrogens with zero attached hydrogens (tertiary/aromatic N) is 5. The molecule has 0 unspecified atom stereocenters. The van der Waals surface area contributed by atoms with Gasteiger partial charge in [-0.05, 0) is 75.1 Å². The van der Waals surface area contributed by atoms with E-state index in [4.69, 9.17) is 37.9 Å². The Balaban J connectivity index is 0.941. The van der Waals surface area contributed by atoms with Crippen LogP contribution >= 0.6 is 23.2 Å². The zero-order valence-electron chi connectivity index (χ0n) is 31.6. The van der Waals surface area contributed by atoms with Crippen LogP contribution in [-0.4, -0.2) is 80.1 Å². The van der Waals surface area contributed by atoms with E-state index in [-0.39, 0.29) is 28.3 Å². The second-order valence-corrected chi connectivity index (χ2v) is 16.6. The molecule has 5 heterocycles. The average Bonchev–Trinajstić information content (AvgIpc) is 3.98.